The molecular weight excluding hydrogens is 188 g/mol. The van der Waals surface area contributed by atoms with Gasteiger partial charge in [0.1, 0.15) is 0 Å². The van der Waals surface area contributed by atoms with Gasteiger partial charge < -0.3 is 0 Å². The van der Waals surface area contributed by atoms with Crippen molar-refractivity contribution in [2.45, 2.75) is 37.5 Å². The molecule has 0 aliphatic rings. The van der Waals surface area contributed by atoms with E-state index in [0.29, 0.717) is 5.92 Å². The van der Waals surface area contributed by atoms with Crippen LogP contribution < -0.4 is 0 Å². The first-order valence-electron chi connectivity index (χ1n) is 5.18. The van der Waals surface area contributed by atoms with Crippen LogP contribution in [0.25, 0.3) is 0 Å². The zero-order chi connectivity index (χ0) is 10.6. The highest BCUT2D eigenvalue weighted by molar-refractivity contribution is 7.98. The monoisotopic (exact) mass is 207 g/mol. The van der Waals surface area contributed by atoms with Crippen LogP contribution in [0.15, 0.2) is 23.1 Å². The molecule has 0 spiro atoms. The third-order valence-corrected chi connectivity index (χ3v) is 3.04. The molecule has 0 N–H and O–H groups in total. The smallest absolute Gasteiger partial charge is 0.00747 e. The summed E-state index contributed by atoms with van der Waals surface area (Å²) in [6, 6.07) is 6.84. The number of benzene rings is 1. The number of rotatable bonds is 4. The molecule has 1 unspecified atom stereocenters. The summed E-state index contributed by atoms with van der Waals surface area (Å²) in [5.41, 5.74) is 2.81. The lowest BCUT2D eigenvalue weighted by atomic mass is 9.99. The van der Waals surface area contributed by atoms with Crippen LogP contribution in [-0.4, -0.2) is 6.26 Å². The van der Waals surface area contributed by atoms with Gasteiger partial charge in [-0.3, -0.25) is 0 Å². The van der Waals surface area contributed by atoms with E-state index in [1.54, 1.807) is 0 Å². The molecule has 1 rings (SSSR count). The predicted molar refractivity (Wildman–Crippen MR) is 66.0 cm³/mol. The van der Waals surface area contributed by atoms with Crippen molar-refractivity contribution in [2.75, 3.05) is 6.26 Å². The summed E-state index contributed by atoms with van der Waals surface area (Å²) in [7, 11) is 0. The van der Waals surface area contributed by atoms with Crippen LogP contribution in [0, 0.1) is 6.92 Å². The highest BCUT2D eigenvalue weighted by Gasteiger charge is 2.03. The summed E-state index contributed by atoms with van der Waals surface area (Å²) in [6.07, 6.45) is 4.51. The van der Waals surface area contributed by atoms with Gasteiger partial charge in [-0.25, -0.2) is 0 Å². The fraction of sp³-hybridized carbons (Fsp3) is 0.462. The molecule has 0 aromatic heterocycles. The molecule has 1 aromatic carbocycles. The van der Waals surface area contributed by atoms with Crippen molar-refractivity contribution in [1.82, 2.24) is 0 Å². The zero-order valence-electron chi connectivity index (χ0n) is 9.34. The second-order valence-corrected chi connectivity index (χ2v) is 4.65. The minimum atomic E-state index is 0.387. The average Bonchev–Trinajstić information content (AvgIpc) is 2.17. The number of hydrogen-bond acceptors (Lipinski definition) is 1. The molecule has 0 amide bonds. The molecule has 1 atom stereocenters. The zero-order valence-corrected chi connectivity index (χ0v) is 10.2. The minimum Gasteiger partial charge on any atom is -0.130 e. The molecule has 0 bridgehead atoms. The second-order valence-electron chi connectivity index (χ2n) is 3.77. The standard InChI is InChI=1S/C13H19S/c1-5-6-11-7-12(10(2)3)9-13(8-11)14-4/h7-10H,2,5-6H2,1,3-4H3. The van der Waals surface area contributed by atoms with E-state index >= 15 is 0 Å². The van der Waals surface area contributed by atoms with Crippen LogP contribution in [0.5, 0.6) is 0 Å². The topological polar surface area (TPSA) is 0 Å². The Balaban J connectivity index is 3.00. The van der Waals surface area contributed by atoms with Gasteiger partial charge >= 0.3 is 0 Å². The Hall–Kier alpha value is -0.430. The normalized spacial score (nSPS) is 10.9. The van der Waals surface area contributed by atoms with Crippen molar-refractivity contribution in [3.05, 3.63) is 36.2 Å². The predicted octanol–water partition coefficient (Wildman–Crippen LogP) is 4.30. The van der Waals surface area contributed by atoms with Crippen molar-refractivity contribution in [1.29, 1.82) is 0 Å². The van der Waals surface area contributed by atoms with Crippen molar-refractivity contribution >= 4 is 11.8 Å². The van der Waals surface area contributed by atoms with Crippen molar-refractivity contribution < 1.29 is 0 Å². The molecule has 0 aliphatic carbocycles. The number of aryl methyl sites for hydroxylation is 1. The first-order chi connectivity index (χ1) is 6.67. The van der Waals surface area contributed by atoms with Crippen LogP contribution in [0.2, 0.25) is 0 Å². The molecule has 0 saturated carbocycles. The molecule has 0 aliphatic heterocycles. The Bertz CT molecular complexity index is 289. The molecule has 0 saturated heterocycles. The van der Waals surface area contributed by atoms with E-state index in [0.717, 1.165) is 0 Å². The molecule has 1 radical (unpaired) electrons. The molecule has 14 heavy (non-hydrogen) atoms. The van der Waals surface area contributed by atoms with E-state index in [1.165, 1.54) is 28.9 Å². The summed E-state index contributed by atoms with van der Waals surface area (Å²) in [4.78, 5) is 1.36. The number of thioether (sulfide) groups is 1. The van der Waals surface area contributed by atoms with Gasteiger partial charge in [0.05, 0.1) is 0 Å². The highest BCUT2D eigenvalue weighted by Crippen LogP contribution is 2.24. The third-order valence-electron chi connectivity index (χ3n) is 2.33. The molecule has 0 nitrogen and oxygen atoms in total. The maximum Gasteiger partial charge on any atom is 0.00747 e. The van der Waals surface area contributed by atoms with Gasteiger partial charge in [0.15, 0.2) is 0 Å². The summed E-state index contributed by atoms with van der Waals surface area (Å²) in [6.45, 7) is 8.45. The van der Waals surface area contributed by atoms with Gasteiger partial charge in [-0.2, -0.15) is 0 Å². The summed E-state index contributed by atoms with van der Waals surface area (Å²) >= 11 is 1.81. The second kappa shape index (κ2) is 5.45. The van der Waals surface area contributed by atoms with Crippen LogP contribution in [0.4, 0.5) is 0 Å². The quantitative estimate of drug-likeness (QED) is 0.663. The first kappa shape index (κ1) is 11.6. The lowest BCUT2D eigenvalue weighted by Gasteiger charge is -2.10. The van der Waals surface area contributed by atoms with Gasteiger partial charge in [0, 0.05) is 4.90 Å². The van der Waals surface area contributed by atoms with Crippen LogP contribution in [0.3, 0.4) is 0 Å². The van der Waals surface area contributed by atoms with Crippen LogP contribution in [-0.2, 0) is 6.42 Å². The Morgan fingerprint density at radius 2 is 2.07 bits per heavy atom. The maximum atomic E-state index is 4.08. The lowest BCUT2D eigenvalue weighted by molar-refractivity contribution is 0.897. The van der Waals surface area contributed by atoms with E-state index in [2.05, 4.69) is 45.2 Å². The lowest BCUT2D eigenvalue weighted by Crippen LogP contribution is -1.92. The third kappa shape index (κ3) is 3.06. The summed E-state index contributed by atoms with van der Waals surface area (Å²) in [5, 5.41) is 0. The summed E-state index contributed by atoms with van der Waals surface area (Å²) in [5.74, 6) is 0.387. The largest absolute Gasteiger partial charge is 0.130 e. The number of hydrogen-bond donors (Lipinski definition) is 0. The Morgan fingerprint density at radius 1 is 1.36 bits per heavy atom. The van der Waals surface area contributed by atoms with E-state index < -0.39 is 0 Å². The fourth-order valence-electron chi connectivity index (χ4n) is 1.52. The first-order valence-corrected chi connectivity index (χ1v) is 6.40. The van der Waals surface area contributed by atoms with Gasteiger partial charge in [-0.15, -0.1) is 11.8 Å². The maximum absolute atomic E-state index is 4.08. The van der Waals surface area contributed by atoms with Gasteiger partial charge in [-0.1, -0.05) is 26.3 Å². The van der Waals surface area contributed by atoms with Crippen molar-refractivity contribution in [3.63, 3.8) is 0 Å². The van der Waals surface area contributed by atoms with Gasteiger partial charge in [0.25, 0.3) is 0 Å². The molecule has 0 heterocycles. The van der Waals surface area contributed by atoms with Gasteiger partial charge in [-0.05, 0) is 48.8 Å². The molecule has 1 aromatic rings. The average molecular weight is 207 g/mol. The van der Waals surface area contributed by atoms with E-state index in [1.807, 2.05) is 11.8 Å². The Labute approximate surface area is 92.1 Å². The Morgan fingerprint density at radius 3 is 2.57 bits per heavy atom. The summed E-state index contributed by atoms with van der Waals surface area (Å²) < 4.78 is 0. The van der Waals surface area contributed by atoms with E-state index in [4.69, 9.17) is 0 Å². The molecule has 0 fully saturated rings. The van der Waals surface area contributed by atoms with Crippen LogP contribution in [0.1, 0.15) is 37.3 Å². The highest BCUT2D eigenvalue weighted by atomic mass is 32.2. The van der Waals surface area contributed by atoms with Crippen molar-refractivity contribution in [3.8, 4) is 0 Å². The molecular formula is C13H19S. The van der Waals surface area contributed by atoms with Crippen molar-refractivity contribution in [2.24, 2.45) is 0 Å². The SMILES string of the molecule is [CH2]C(C)c1cc(CCC)cc(SC)c1. The van der Waals surface area contributed by atoms with Crippen LogP contribution >= 0.6 is 11.8 Å². The fourth-order valence-corrected chi connectivity index (χ4v) is 2.04. The molecule has 77 valence electrons. The van der Waals surface area contributed by atoms with E-state index in [-0.39, 0.29) is 0 Å². The minimum absolute atomic E-state index is 0.387. The van der Waals surface area contributed by atoms with Gasteiger partial charge in [0.2, 0.25) is 0 Å². The van der Waals surface area contributed by atoms with E-state index in [9.17, 15) is 0 Å². The Kier molecular flexibility index (Phi) is 4.53. The molecule has 1 heteroatoms.